The first-order valence-corrected chi connectivity index (χ1v) is 21.7. The van der Waals surface area contributed by atoms with E-state index in [1.165, 1.54) is 0 Å². The van der Waals surface area contributed by atoms with Gasteiger partial charge in [0.25, 0.3) is 0 Å². The summed E-state index contributed by atoms with van der Waals surface area (Å²) in [5, 5.41) is 0.302. The molecule has 0 unspecified atom stereocenters. The molecule has 0 spiro atoms. The molecule has 0 aromatic rings. The van der Waals surface area contributed by atoms with Crippen molar-refractivity contribution in [3.63, 3.8) is 0 Å². The van der Waals surface area contributed by atoms with E-state index < -0.39 is 22.0 Å². The number of carbonyl (C=O) groups excluding carboxylic acids is 1. The third-order valence-electron chi connectivity index (χ3n) is 7.98. The summed E-state index contributed by atoms with van der Waals surface area (Å²) in [6.07, 6.45) is 15.5. The average molecular weight is 693 g/mol. The second-order valence-corrected chi connectivity index (χ2v) is 25.2. The highest BCUT2D eigenvalue weighted by Gasteiger charge is 2.41. The van der Waals surface area contributed by atoms with E-state index in [9.17, 15) is 4.79 Å². The molecule has 0 saturated heterocycles. The Morgan fingerprint density at radius 2 is 1.38 bits per heavy atom. The molecule has 3 atom stereocenters. The van der Waals surface area contributed by atoms with Crippen LogP contribution < -0.4 is 0 Å². The molecule has 39 heavy (non-hydrogen) atoms. The smallest absolute Gasteiger partial charge is 0.311 e. The summed E-state index contributed by atoms with van der Waals surface area (Å²) in [4.78, 5) is 12.1. The Kier molecular flexibility index (Phi) is 16.3. The summed E-state index contributed by atoms with van der Waals surface area (Å²) in [5.74, 6) is -0.133. The van der Waals surface area contributed by atoms with Crippen LogP contribution in [0.1, 0.15) is 101 Å². The molecule has 228 valence electrons. The second-order valence-electron chi connectivity index (χ2n) is 15.0. The van der Waals surface area contributed by atoms with Gasteiger partial charge in [0.15, 0.2) is 16.6 Å². The van der Waals surface area contributed by atoms with E-state index in [4.69, 9.17) is 13.6 Å². The minimum Gasteiger partial charge on any atom is -0.462 e. The summed E-state index contributed by atoms with van der Waals surface area (Å²) < 4.78 is 21.5. The molecular weight excluding hydrogens is 631 g/mol. The Balaban J connectivity index is 5.43. The lowest BCUT2D eigenvalue weighted by atomic mass is 9.97. The zero-order valence-corrected chi connectivity index (χ0v) is 31.9. The van der Waals surface area contributed by atoms with E-state index in [0.29, 0.717) is 0 Å². The number of hydrogen-bond acceptors (Lipinski definition) is 4. The Labute approximate surface area is 258 Å². The van der Waals surface area contributed by atoms with Crippen molar-refractivity contribution in [3.8, 4) is 0 Å². The number of carbonyl (C=O) groups is 1. The lowest BCUT2D eigenvalue weighted by molar-refractivity contribution is -0.158. The van der Waals surface area contributed by atoms with E-state index >= 15 is 0 Å². The largest absolute Gasteiger partial charge is 0.462 e. The molecule has 0 radical (unpaired) electrons. The minimum atomic E-state index is -1.96. The zero-order chi connectivity index (χ0) is 30.7. The summed E-state index contributed by atoms with van der Waals surface area (Å²) in [5.41, 5.74) is -0.455. The number of unbranched alkanes of at least 4 members (excludes halogenated alkanes) is 1. The van der Waals surface area contributed by atoms with E-state index in [-0.39, 0.29) is 34.4 Å². The lowest BCUT2D eigenvalue weighted by Crippen LogP contribution is -2.47. The van der Waals surface area contributed by atoms with Crippen molar-refractivity contribution < 1.29 is 18.4 Å². The van der Waals surface area contributed by atoms with Gasteiger partial charge >= 0.3 is 5.97 Å². The zero-order valence-electron chi connectivity index (χ0n) is 27.7. The molecule has 0 amide bonds. The van der Waals surface area contributed by atoms with Gasteiger partial charge in [-0.25, -0.2) is 0 Å². The van der Waals surface area contributed by atoms with E-state index in [0.717, 1.165) is 32.1 Å². The third-order valence-corrected chi connectivity index (χ3v) is 17.5. The van der Waals surface area contributed by atoms with Gasteiger partial charge in [-0.05, 0) is 93.7 Å². The van der Waals surface area contributed by atoms with Crippen LogP contribution in [0.2, 0.25) is 36.3 Å². The highest BCUT2D eigenvalue weighted by Crippen LogP contribution is 2.40. The molecule has 0 saturated carbocycles. The summed E-state index contributed by atoms with van der Waals surface area (Å²) >= 11 is 2.29. The van der Waals surface area contributed by atoms with Gasteiger partial charge in [0.05, 0.1) is 23.7 Å². The summed E-state index contributed by atoms with van der Waals surface area (Å²) in [6, 6.07) is 0. The molecule has 0 aliphatic rings. The molecule has 4 nitrogen and oxygen atoms in total. The normalized spacial score (nSPS) is 16.8. The molecule has 0 fully saturated rings. The predicted molar refractivity (Wildman–Crippen MR) is 184 cm³/mol. The first kappa shape index (κ1) is 38.8. The monoisotopic (exact) mass is 692 g/mol. The van der Waals surface area contributed by atoms with Crippen LogP contribution in [0.5, 0.6) is 0 Å². The van der Waals surface area contributed by atoms with Crippen molar-refractivity contribution in [1.82, 2.24) is 0 Å². The highest BCUT2D eigenvalue weighted by atomic mass is 127. The second kappa shape index (κ2) is 16.4. The predicted octanol–water partition coefficient (Wildman–Crippen LogP) is 10.8. The molecule has 0 rings (SSSR count). The maximum Gasteiger partial charge on any atom is 0.311 e. The van der Waals surface area contributed by atoms with Crippen molar-refractivity contribution in [2.24, 2.45) is 5.41 Å². The molecule has 0 bridgehead atoms. The highest BCUT2D eigenvalue weighted by molar-refractivity contribution is 14.1. The van der Waals surface area contributed by atoms with Crippen molar-refractivity contribution in [2.45, 2.75) is 156 Å². The summed E-state index contributed by atoms with van der Waals surface area (Å²) in [7, 11) is -3.88. The lowest BCUT2D eigenvalue weighted by Gasteiger charge is -2.42. The number of esters is 1. The van der Waals surface area contributed by atoms with Gasteiger partial charge in [0.1, 0.15) is 0 Å². The first-order chi connectivity index (χ1) is 17.5. The van der Waals surface area contributed by atoms with Crippen molar-refractivity contribution in [3.05, 3.63) is 34.5 Å². The van der Waals surface area contributed by atoms with E-state index in [1.54, 1.807) is 0 Å². The fourth-order valence-corrected chi connectivity index (χ4v) is 6.23. The fraction of sp³-hybridized carbons (Fsp3) is 0.781. The number of halogens is 1. The molecule has 0 aromatic carbocycles. The standard InChI is InChI=1S/C32H61IO4Si2/c1-26(35-29(34)30(2,3)4)21-18-16-15-17-19-22-27(36-38(11,12)31(5,6)7)25-28(23-20-24-33)37-39(13,14)32(8,9)10/h15,17,19-20,22,24,26-28H,16,18,21,23,25H2,1-14H3/b17-15+,22-19+,24-20-/t26-,27-,28-/m0/s1. The Morgan fingerprint density at radius 3 is 1.87 bits per heavy atom. The van der Waals surface area contributed by atoms with Crippen molar-refractivity contribution in [2.75, 3.05) is 0 Å². The van der Waals surface area contributed by atoms with Gasteiger partial charge in [0, 0.05) is 6.42 Å². The molecule has 0 heterocycles. The molecule has 7 heteroatoms. The fourth-order valence-electron chi connectivity index (χ4n) is 3.27. The van der Waals surface area contributed by atoms with Crippen LogP contribution in [-0.4, -0.2) is 40.9 Å². The maximum absolute atomic E-state index is 12.1. The molecule has 0 aliphatic carbocycles. The quantitative estimate of drug-likeness (QED) is 0.0563. The third kappa shape index (κ3) is 15.5. The van der Waals surface area contributed by atoms with Crippen molar-refractivity contribution in [1.29, 1.82) is 0 Å². The molecule has 0 N–H and O–H groups in total. The Bertz CT molecular complexity index is 811. The van der Waals surface area contributed by atoms with Crippen molar-refractivity contribution >= 4 is 45.2 Å². The molecule has 0 aromatic heterocycles. The van der Waals surface area contributed by atoms with Gasteiger partial charge in [-0.2, -0.15) is 0 Å². The minimum absolute atomic E-state index is 0.00440. The van der Waals surface area contributed by atoms with Gasteiger partial charge in [-0.3, -0.25) is 4.79 Å². The maximum atomic E-state index is 12.1. The average Bonchev–Trinajstić information content (AvgIpc) is 2.73. The van der Waals surface area contributed by atoms with Crippen LogP contribution in [0.3, 0.4) is 0 Å². The van der Waals surface area contributed by atoms with Crippen LogP contribution in [-0.2, 0) is 18.4 Å². The molecule has 0 aliphatic heterocycles. The number of hydrogen-bond donors (Lipinski definition) is 0. The number of ether oxygens (including phenoxy) is 1. The number of rotatable bonds is 15. The van der Waals surface area contributed by atoms with Gasteiger partial charge in [-0.1, -0.05) is 94.5 Å². The topological polar surface area (TPSA) is 44.8 Å². The van der Waals surface area contributed by atoms with Crippen LogP contribution in [0.4, 0.5) is 0 Å². The molecular formula is C32H61IO4Si2. The van der Waals surface area contributed by atoms with E-state index in [1.807, 2.05) is 27.7 Å². The van der Waals surface area contributed by atoms with Crippen LogP contribution in [0.25, 0.3) is 0 Å². The van der Waals surface area contributed by atoms with Crippen LogP contribution in [0.15, 0.2) is 34.5 Å². The number of allylic oxidation sites excluding steroid dienone is 3. The van der Waals surface area contributed by atoms with Crippen LogP contribution in [0, 0.1) is 5.41 Å². The van der Waals surface area contributed by atoms with Crippen LogP contribution >= 0.6 is 22.6 Å². The van der Waals surface area contributed by atoms with Gasteiger partial charge in [0.2, 0.25) is 0 Å². The van der Waals surface area contributed by atoms with Gasteiger partial charge in [-0.15, -0.1) is 0 Å². The SMILES string of the molecule is C[C@@H](CCC/C=C/C=C/[C@@H](C[C@H](C/C=C\I)O[Si](C)(C)C(C)(C)C)O[Si](C)(C)C(C)(C)C)OC(=O)C(C)(C)C. The Hall–Kier alpha value is -0.226. The summed E-state index contributed by atoms with van der Waals surface area (Å²) in [6.45, 7) is 30.7. The van der Waals surface area contributed by atoms with E-state index in [2.05, 4.69) is 125 Å². The van der Waals surface area contributed by atoms with Gasteiger partial charge < -0.3 is 13.6 Å². The first-order valence-electron chi connectivity index (χ1n) is 14.7. The Morgan fingerprint density at radius 1 is 0.846 bits per heavy atom.